The number of imide groups is 1. The second kappa shape index (κ2) is 10.6. The molecule has 1 atom stereocenters. The van der Waals surface area contributed by atoms with Gasteiger partial charge in [-0.2, -0.15) is 0 Å². The molecular weight excluding hydrogens is 448 g/mol. The van der Waals surface area contributed by atoms with E-state index >= 15 is 0 Å². The number of nitrogens with one attached hydrogen (secondary N) is 1. The Hall–Kier alpha value is -4.46. The Balaban J connectivity index is 1.48. The van der Waals surface area contributed by atoms with Crippen molar-refractivity contribution in [1.29, 1.82) is 0 Å². The highest BCUT2D eigenvalue weighted by Crippen LogP contribution is 2.24. The van der Waals surface area contributed by atoms with E-state index in [2.05, 4.69) is 5.32 Å². The fraction of sp³-hybridized carbons (Fsp3) is 0.185. The number of carbonyl (C=O) groups is 4. The van der Waals surface area contributed by atoms with Gasteiger partial charge < -0.3 is 14.8 Å². The van der Waals surface area contributed by atoms with Crippen molar-refractivity contribution in [2.24, 2.45) is 0 Å². The average molecular weight is 472 g/mol. The van der Waals surface area contributed by atoms with Crippen molar-refractivity contribution in [3.8, 4) is 5.75 Å². The second-order valence-corrected chi connectivity index (χ2v) is 7.99. The summed E-state index contributed by atoms with van der Waals surface area (Å²) in [5.74, 6) is -1.02. The first-order valence-corrected chi connectivity index (χ1v) is 11.1. The number of anilines is 1. The summed E-state index contributed by atoms with van der Waals surface area (Å²) < 4.78 is 10.8. The first-order valence-electron chi connectivity index (χ1n) is 11.1. The Bertz CT molecular complexity index is 1220. The molecule has 1 heterocycles. The van der Waals surface area contributed by atoms with Crippen LogP contribution in [0.2, 0.25) is 0 Å². The van der Waals surface area contributed by atoms with Crippen LogP contribution in [0.3, 0.4) is 0 Å². The molecule has 8 heteroatoms. The maximum absolute atomic E-state index is 13.1. The third-order valence-electron chi connectivity index (χ3n) is 5.59. The molecule has 0 spiro atoms. The number of amides is 3. The summed E-state index contributed by atoms with van der Waals surface area (Å²) in [6.45, 7) is 0.155. The molecule has 0 saturated carbocycles. The van der Waals surface area contributed by atoms with Gasteiger partial charge in [0.2, 0.25) is 17.9 Å². The van der Waals surface area contributed by atoms with Crippen LogP contribution in [0.1, 0.15) is 40.4 Å². The molecule has 35 heavy (non-hydrogen) atoms. The van der Waals surface area contributed by atoms with Gasteiger partial charge in [-0.05, 0) is 29.8 Å². The Morgan fingerprint density at radius 1 is 0.914 bits per heavy atom. The number of likely N-dealkylation sites (tertiary alicyclic amines) is 1. The molecule has 8 nitrogen and oxygen atoms in total. The number of esters is 1. The van der Waals surface area contributed by atoms with Crippen LogP contribution < -0.4 is 10.1 Å². The van der Waals surface area contributed by atoms with Crippen molar-refractivity contribution in [1.82, 2.24) is 4.90 Å². The first kappa shape index (κ1) is 23.7. The third-order valence-corrected chi connectivity index (χ3v) is 5.59. The SMILES string of the molecule is COc1cccc(NC(=O)C(OC(=O)c2ccc(CN3C(=O)CCC3=O)cc2)c2ccccc2)c1. The lowest BCUT2D eigenvalue weighted by atomic mass is 10.1. The minimum atomic E-state index is -1.19. The minimum Gasteiger partial charge on any atom is -0.497 e. The smallest absolute Gasteiger partial charge is 0.339 e. The minimum absolute atomic E-state index is 0.155. The molecule has 0 bridgehead atoms. The standard InChI is InChI=1S/C27H24N2O6/c1-34-22-9-5-8-21(16-22)28-26(32)25(19-6-3-2-4-7-19)35-27(33)20-12-10-18(11-13-20)17-29-23(30)14-15-24(29)31/h2-13,16,25H,14-15,17H2,1H3,(H,28,32). The van der Waals surface area contributed by atoms with E-state index in [1.807, 2.05) is 0 Å². The molecule has 4 rings (SSSR count). The molecule has 1 saturated heterocycles. The molecule has 3 aromatic rings. The van der Waals surface area contributed by atoms with Gasteiger partial charge in [0.1, 0.15) is 5.75 Å². The third kappa shape index (κ3) is 5.73. The van der Waals surface area contributed by atoms with Gasteiger partial charge in [-0.1, -0.05) is 48.5 Å². The Morgan fingerprint density at radius 2 is 1.60 bits per heavy atom. The number of rotatable bonds is 8. The van der Waals surface area contributed by atoms with Crippen LogP contribution in [0.5, 0.6) is 5.75 Å². The van der Waals surface area contributed by atoms with Crippen LogP contribution in [0, 0.1) is 0 Å². The van der Waals surface area contributed by atoms with Crippen molar-refractivity contribution in [3.63, 3.8) is 0 Å². The van der Waals surface area contributed by atoms with Gasteiger partial charge in [0.15, 0.2) is 0 Å². The van der Waals surface area contributed by atoms with Crippen molar-refractivity contribution >= 4 is 29.4 Å². The molecule has 1 aliphatic rings. The van der Waals surface area contributed by atoms with Gasteiger partial charge in [0.25, 0.3) is 5.91 Å². The Labute approximate surface area is 202 Å². The van der Waals surface area contributed by atoms with Crippen molar-refractivity contribution in [2.45, 2.75) is 25.5 Å². The number of ether oxygens (including phenoxy) is 2. The number of hydrogen-bond acceptors (Lipinski definition) is 6. The van der Waals surface area contributed by atoms with Gasteiger partial charge >= 0.3 is 5.97 Å². The van der Waals surface area contributed by atoms with Crippen LogP contribution in [-0.4, -0.2) is 35.7 Å². The highest BCUT2D eigenvalue weighted by Gasteiger charge is 2.29. The molecule has 1 aliphatic heterocycles. The fourth-order valence-corrected chi connectivity index (χ4v) is 3.71. The zero-order valence-corrected chi connectivity index (χ0v) is 19.1. The van der Waals surface area contributed by atoms with Crippen molar-refractivity contribution in [3.05, 3.63) is 95.6 Å². The molecule has 3 aromatic carbocycles. The van der Waals surface area contributed by atoms with E-state index in [4.69, 9.17) is 9.47 Å². The molecular formula is C27H24N2O6. The molecule has 1 fully saturated rings. The summed E-state index contributed by atoms with van der Waals surface area (Å²) in [7, 11) is 1.53. The topological polar surface area (TPSA) is 102 Å². The van der Waals surface area contributed by atoms with E-state index in [1.165, 1.54) is 12.0 Å². The number of benzene rings is 3. The maximum atomic E-state index is 13.1. The van der Waals surface area contributed by atoms with Gasteiger partial charge in [-0.25, -0.2) is 4.79 Å². The van der Waals surface area contributed by atoms with E-state index in [0.29, 0.717) is 22.6 Å². The van der Waals surface area contributed by atoms with Gasteiger partial charge in [0.05, 0.1) is 19.2 Å². The summed E-state index contributed by atoms with van der Waals surface area (Å²) in [5, 5.41) is 2.76. The molecule has 0 aliphatic carbocycles. The van der Waals surface area contributed by atoms with Gasteiger partial charge in [-0.15, -0.1) is 0 Å². The van der Waals surface area contributed by atoms with Gasteiger partial charge in [-0.3, -0.25) is 19.3 Å². The highest BCUT2D eigenvalue weighted by molar-refractivity contribution is 6.02. The zero-order valence-electron chi connectivity index (χ0n) is 19.1. The van der Waals surface area contributed by atoms with Crippen LogP contribution >= 0.6 is 0 Å². The highest BCUT2D eigenvalue weighted by atomic mass is 16.5. The number of carbonyl (C=O) groups excluding carboxylic acids is 4. The van der Waals surface area contributed by atoms with Crippen molar-refractivity contribution in [2.75, 3.05) is 12.4 Å². The van der Waals surface area contributed by atoms with E-state index in [-0.39, 0.29) is 36.8 Å². The summed E-state index contributed by atoms with van der Waals surface area (Å²) in [6.07, 6.45) is -0.737. The lowest BCUT2D eigenvalue weighted by Crippen LogP contribution is -2.28. The zero-order chi connectivity index (χ0) is 24.8. The maximum Gasteiger partial charge on any atom is 0.339 e. The monoisotopic (exact) mass is 472 g/mol. The largest absolute Gasteiger partial charge is 0.497 e. The molecule has 1 unspecified atom stereocenters. The lowest BCUT2D eigenvalue weighted by Gasteiger charge is -2.19. The Kier molecular flexibility index (Phi) is 7.21. The number of methoxy groups -OCH3 is 1. The van der Waals surface area contributed by atoms with Crippen LogP contribution in [0.15, 0.2) is 78.9 Å². The predicted octanol–water partition coefficient (Wildman–Crippen LogP) is 3.88. The number of nitrogens with zero attached hydrogens (tertiary/aromatic N) is 1. The molecule has 0 radical (unpaired) electrons. The van der Waals surface area contributed by atoms with E-state index < -0.39 is 18.0 Å². The molecule has 0 aromatic heterocycles. The summed E-state index contributed by atoms with van der Waals surface area (Å²) >= 11 is 0. The molecule has 1 N–H and O–H groups in total. The van der Waals surface area contributed by atoms with Gasteiger partial charge in [0, 0.05) is 30.2 Å². The summed E-state index contributed by atoms with van der Waals surface area (Å²) in [6, 6.07) is 22.0. The quantitative estimate of drug-likeness (QED) is 0.394. The average Bonchev–Trinajstić information content (AvgIpc) is 3.20. The van der Waals surface area contributed by atoms with Crippen molar-refractivity contribution < 1.29 is 28.7 Å². The normalized spacial score (nSPS) is 13.9. The second-order valence-electron chi connectivity index (χ2n) is 7.99. The van der Waals surface area contributed by atoms with Crippen LogP contribution in [0.25, 0.3) is 0 Å². The van der Waals surface area contributed by atoms with E-state index in [9.17, 15) is 19.2 Å². The molecule has 178 valence electrons. The number of hydrogen-bond donors (Lipinski definition) is 1. The molecule has 3 amide bonds. The van der Waals surface area contributed by atoms with Crippen LogP contribution in [0.4, 0.5) is 5.69 Å². The lowest BCUT2D eigenvalue weighted by molar-refractivity contribution is -0.139. The van der Waals surface area contributed by atoms with E-state index in [1.54, 1.807) is 78.9 Å². The van der Waals surface area contributed by atoms with E-state index in [0.717, 1.165) is 0 Å². The fourth-order valence-electron chi connectivity index (χ4n) is 3.71. The first-order chi connectivity index (χ1) is 16.9. The Morgan fingerprint density at radius 3 is 2.26 bits per heavy atom. The summed E-state index contributed by atoms with van der Waals surface area (Å²) in [5.41, 5.74) is 1.97. The summed E-state index contributed by atoms with van der Waals surface area (Å²) in [4.78, 5) is 50.9. The van der Waals surface area contributed by atoms with Crippen LogP contribution in [-0.2, 0) is 25.7 Å². The predicted molar refractivity (Wildman–Crippen MR) is 127 cm³/mol.